The van der Waals surface area contributed by atoms with Crippen LogP contribution < -0.4 is 5.23 Å². The van der Waals surface area contributed by atoms with E-state index >= 15 is 0 Å². The molecule has 3 N–H and O–H groups in total. The molecule has 106 valence electrons. The van der Waals surface area contributed by atoms with Gasteiger partial charge in [0, 0.05) is 17.6 Å². The normalized spacial score (nSPS) is 12.1. The zero-order valence-electron chi connectivity index (χ0n) is 12.1. The van der Waals surface area contributed by atoms with Crippen molar-refractivity contribution in [2.75, 3.05) is 5.23 Å². The molecule has 0 spiro atoms. The minimum Gasteiger partial charge on any atom is -0.441 e. The van der Waals surface area contributed by atoms with Gasteiger partial charge in [0.05, 0.1) is 11.9 Å². The van der Waals surface area contributed by atoms with Gasteiger partial charge in [-0.15, -0.1) is 0 Å². The first kappa shape index (κ1) is 14.4. The maximum Gasteiger partial charge on any atom is 0.408 e. The predicted octanol–water partition coefficient (Wildman–Crippen LogP) is 2.39. The fourth-order valence-electron chi connectivity index (χ4n) is 1.58. The number of anilines is 1. The number of H-pyrrole nitrogens is 1. The molecule has 0 aliphatic carbocycles. The van der Waals surface area contributed by atoms with E-state index in [9.17, 15) is 5.02 Å². The van der Waals surface area contributed by atoms with Crippen molar-refractivity contribution < 1.29 is 9.44 Å². The Kier molecular flexibility index (Phi) is 3.99. The van der Waals surface area contributed by atoms with E-state index in [0.29, 0.717) is 11.7 Å². The van der Waals surface area contributed by atoms with Crippen LogP contribution in [0.2, 0.25) is 6.82 Å². The van der Waals surface area contributed by atoms with Crippen molar-refractivity contribution in [3.8, 4) is 0 Å². The van der Waals surface area contributed by atoms with Gasteiger partial charge in [0.15, 0.2) is 0 Å². The molecule has 0 aliphatic heterocycles. The Morgan fingerprint density at radius 1 is 1.40 bits per heavy atom. The van der Waals surface area contributed by atoms with Crippen LogP contribution in [0.3, 0.4) is 0 Å². The average molecular weight is 274 g/mol. The Labute approximate surface area is 118 Å². The number of rotatable bonds is 4. The molecule has 0 aliphatic rings. The topological polar surface area (TPSA) is 87.0 Å². The monoisotopic (exact) mass is 274 g/mol. The average Bonchev–Trinajstić information content (AvgIpc) is 2.93. The lowest BCUT2D eigenvalue weighted by atomic mass is 9.89. The lowest BCUT2D eigenvalue weighted by molar-refractivity contribution is 0.403. The second kappa shape index (κ2) is 5.54. The van der Waals surface area contributed by atoms with Gasteiger partial charge in [-0.3, -0.25) is 5.10 Å². The molecule has 2 aromatic heterocycles. The number of aromatic amines is 1. The van der Waals surface area contributed by atoms with E-state index in [2.05, 4.69) is 41.2 Å². The molecule has 0 aromatic carbocycles. The molecule has 7 heteroatoms. The summed E-state index contributed by atoms with van der Waals surface area (Å²) in [5.41, 5.74) is 0.741. The summed E-state index contributed by atoms with van der Waals surface area (Å²) in [4.78, 5) is 4.21. The Hall–Kier alpha value is -2.02. The third-order valence-corrected chi connectivity index (χ3v) is 2.62. The van der Waals surface area contributed by atoms with Gasteiger partial charge < -0.3 is 14.7 Å². The van der Waals surface area contributed by atoms with Crippen LogP contribution in [0.15, 0.2) is 16.7 Å². The third kappa shape index (κ3) is 3.74. The number of aromatic nitrogens is 3. The van der Waals surface area contributed by atoms with Gasteiger partial charge in [-0.25, -0.2) is 4.98 Å². The molecule has 0 fully saturated rings. The molecule has 2 aromatic rings. The van der Waals surface area contributed by atoms with Crippen LogP contribution in [0, 0.1) is 0 Å². The van der Waals surface area contributed by atoms with Crippen LogP contribution in [0.25, 0.3) is 12.2 Å². The van der Waals surface area contributed by atoms with Gasteiger partial charge in [-0.2, -0.15) is 5.10 Å². The summed E-state index contributed by atoms with van der Waals surface area (Å²) in [7, 11) is -0.642. The van der Waals surface area contributed by atoms with E-state index in [0.717, 1.165) is 11.5 Å². The fourth-order valence-corrected chi connectivity index (χ4v) is 1.58. The number of oxazole rings is 1. The number of hydrogen-bond acceptors (Lipinski definition) is 5. The first-order valence-electron chi connectivity index (χ1n) is 6.49. The third-order valence-electron chi connectivity index (χ3n) is 2.62. The van der Waals surface area contributed by atoms with Gasteiger partial charge in [-0.05, 0) is 12.9 Å². The van der Waals surface area contributed by atoms with Crippen LogP contribution in [0.5, 0.6) is 0 Å². The molecule has 0 saturated carbocycles. The van der Waals surface area contributed by atoms with Crippen molar-refractivity contribution in [3.63, 3.8) is 0 Å². The Morgan fingerprint density at radius 2 is 2.15 bits per heavy atom. The van der Waals surface area contributed by atoms with Gasteiger partial charge in [0.1, 0.15) is 11.6 Å². The summed E-state index contributed by atoms with van der Waals surface area (Å²) in [6.45, 7) is 7.85. The highest BCUT2D eigenvalue weighted by Crippen LogP contribution is 2.23. The molecule has 0 atom stereocenters. The van der Waals surface area contributed by atoms with Gasteiger partial charge in [0.2, 0.25) is 5.89 Å². The van der Waals surface area contributed by atoms with E-state index in [1.54, 1.807) is 25.2 Å². The molecule has 0 bridgehead atoms. The lowest BCUT2D eigenvalue weighted by Crippen LogP contribution is -2.19. The summed E-state index contributed by atoms with van der Waals surface area (Å²) in [6, 6.07) is 1.79. The highest BCUT2D eigenvalue weighted by Gasteiger charge is 2.18. The van der Waals surface area contributed by atoms with E-state index in [1.165, 1.54) is 0 Å². The lowest BCUT2D eigenvalue weighted by Gasteiger charge is -2.12. The Morgan fingerprint density at radius 3 is 2.75 bits per heavy atom. The molecule has 0 amide bonds. The van der Waals surface area contributed by atoms with E-state index in [4.69, 9.17) is 4.42 Å². The molecule has 0 unspecified atom stereocenters. The van der Waals surface area contributed by atoms with Crippen LogP contribution in [0.4, 0.5) is 5.82 Å². The maximum atomic E-state index is 9.19. The van der Waals surface area contributed by atoms with Gasteiger partial charge in [0.25, 0.3) is 0 Å². The van der Waals surface area contributed by atoms with Crippen molar-refractivity contribution in [2.24, 2.45) is 0 Å². The van der Waals surface area contributed by atoms with Crippen molar-refractivity contribution in [1.29, 1.82) is 0 Å². The largest absolute Gasteiger partial charge is 0.441 e. The standard InChI is InChI=1S/C13H19BN4O2/c1-13(2,3)10-8-15-12(20-10)6-5-9-7-11(18-17-9)16-14(4)19/h5-8,19H,1-4H3,(H2,16,17,18)/b6-5+. The maximum absolute atomic E-state index is 9.19. The second-order valence-corrected chi connectivity index (χ2v) is 5.67. The molecule has 6 nitrogen and oxygen atoms in total. The number of nitrogens with zero attached hydrogens (tertiary/aromatic N) is 2. The summed E-state index contributed by atoms with van der Waals surface area (Å²) in [5, 5.41) is 18.8. The van der Waals surface area contributed by atoms with Crippen LogP contribution >= 0.6 is 0 Å². The van der Waals surface area contributed by atoms with Crippen LogP contribution in [-0.4, -0.2) is 27.3 Å². The Bertz CT molecular complexity index is 596. The number of nitrogens with one attached hydrogen (secondary N) is 2. The minimum atomic E-state index is -0.642. The van der Waals surface area contributed by atoms with Crippen molar-refractivity contribution in [1.82, 2.24) is 15.2 Å². The summed E-state index contributed by atoms with van der Waals surface area (Å²) in [6.07, 6.45) is 5.33. The molecule has 0 saturated heterocycles. The molecule has 20 heavy (non-hydrogen) atoms. The Balaban J connectivity index is 2.06. The highest BCUT2D eigenvalue weighted by atomic mass is 16.4. The van der Waals surface area contributed by atoms with Crippen LogP contribution in [-0.2, 0) is 5.41 Å². The summed E-state index contributed by atoms with van der Waals surface area (Å²) < 4.78 is 5.65. The zero-order valence-corrected chi connectivity index (χ0v) is 12.1. The quantitative estimate of drug-likeness (QED) is 0.745. The van der Waals surface area contributed by atoms with E-state index in [1.807, 2.05) is 6.08 Å². The zero-order chi connectivity index (χ0) is 14.8. The fraction of sp³-hybridized carbons (Fsp3) is 0.385. The SMILES string of the molecule is CB(O)Nc1cc(/C=C/c2ncc(C(C)(C)C)o2)[nH]n1. The van der Waals surface area contributed by atoms with Crippen LogP contribution in [0.1, 0.15) is 38.1 Å². The van der Waals surface area contributed by atoms with Gasteiger partial charge >= 0.3 is 7.05 Å². The summed E-state index contributed by atoms with van der Waals surface area (Å²) in [5.74, 6) is 1.98. The summed E-state index contributed by atoms with van der Waals surface area (Å²) >= 11 is 0. The molecular formula is C13H19BN4O2. The number of hydrogen-bond donors (Lipinski definition) is 3. The van der Waals surface area contributed by atoms with Crippen molar-refractivity contribution in [3.05, 3.63) is 29.6 Å². The van der Waals surface area contributed by atoms with E-state index in [-0.39, 0.29) is 5.41 Å². The second-order valence-electron chi connectivity index (χ2n) is 5.67. The van der Waals surface area contributed by atoms with Gasteiger partial charge in [-0.1, -0.05) is 20.8 Å². The highest BCUT2D eigenvalue weighted by molar-refractivity contribution is 6.52. The smallest absolute Gasteiger partial charge is 0.408 e. The molecule has 2 heterocycles. The molecular weight excluding hydrogens is 255 g/mol. The molecule has 0 radical (unpaired) electrons. The van der Waals surface area contributed by atoms with E-state index < -0.39 is 7.05 Å². The first-order valence-corrected chi connectivity index (χ1v) is 6.49. The predicted molar refractivity (Wildman–Crippen MR) is 80.2 cm³/mol. The van der Waals surface area contributed by atoms with Crippen molar-refractivity contribution >= 4 is 25.0 Å². The minimum absolute atomic E-state index is 0.0541. The van der Waals surface area contributed by atoms with Crippen molar-refractivity contribution in [2.45, 2.75) is 33.0 Å². The first-order chi connectivity index (χ1) is 9.34. The molecule has 2 rings (SSSR count).